The zero-order valence-electron chi connectivity index (χ0n) is 17.0. The van der Waals surface area contributed by atoms with Crippen LogP contribution in [-0.2, 0) is 13.1 Å². The second-order valence-electron chi connectivity index (χ2n) is 7.44. The summed E-state index contributed by atoms with van der Waals surface area (Å²) < 4.78 is 1.65. The number of aromatic nitrogens is 4. The lowest BCUT2D eigenvalue weighted by molar-refractivity contribution is 0.0724. The van der Waals surface area contributed by atoms with Crippen LogP contribution in [0.1, 0.15) is 49.3 Å². The molecule has 2 amide bonds. The van der Waals surface area contributed by atoms with Crippen LogP contribution in [0.2, 0.25) is 0 Å². The lowest BCUT2D eigenvalue weighted by atomic mass is 10.2. The fourth-order valence-corrected chi connectivity index (χ4v) is 4.61. The van der Waals surface area contributed by atoms with E-state index >= 15 is 0 Å². The van der Waals surface area contributed by atoms with Crippen molar-refractivity contribution in [2.75, 3.05) is 6.54 Å². The first-order chi connectivity index (χ1) is 14.5. The van der Waals surface area contributed by atoms with Gasteiger partial charge in [0.1, 0.15) is 4.88 Å². The highest BCUT2D eigenvalue weighted by molar-refractivity contribution is 7.13. The van der Waals surface area contributed by atoms with Gasteiger partial charge in [-0.05, 0) is 32.3 Å². The molecule has 0 saturated carbocycles. The molecule has 1 fully saturated rings. The third-order valence-corrected chi connectivity index (χ3v) is 6.26. The average Bonchev–Trinajstić information content (AvgIpc) is 3.47. The normalized spacial score (nSPS) is 16.1. The Hall–Kier alpha value is -3.07. The Balaban J connectivity index is 1.38. The van der Waals surface area contributed by atoms with Gasteiger partial charge in [-0.1, -0.05) is 35.5 Å². The number of hydrogen-bond acceptors (Lipinski definition) is 6. The smallest absolute Gasteiger partial charge is 0.273 e. The van der Waals surface area contributed by atoms with Gasteiger partial charge in [-0.15, -0.1) is 16.4 Å². The number of aryl methyl sites for hydroxylation is 2. The Kier molecular flexibility index (Phi) is 5.89. The van der Waals surface area contributed by atoms with E-state index in [0.717, 1.165) is 35.7 Å². The SMILES string of the molecule is Cc1nc(C)c(C(=O)N2CCC[C@H]2Cn2cc(C(=O)NCc3ccccc3)nn2)s1. The maximum Gasteiger partial charge on any atom is 0.273 e. The van der Waals surface area contributed by atoms with Crippen molar-refractivity contribution in [2.45, 2.75) is 45.8 Å². The highest BCUT2D eigenvalue weighted by Gasteiger charge is 2.32. The largest absolute Gasteiger partial charge is 0.347 e. The molecular formula is C21H24N6O2S. The molecule has 156 valence electrons. The number of likely N-dealkylation sites (tertiary alicyclic amines) is 1. The molecule has 9 heteroatoms. The molecule has 1 aromatic carbocycles. The van der Waals surface area contributed by atoms with Crippen molar-refractivity contribution in [3.63, 3.8) is 0 Å². The van der Waals surface area contributed by atoms with E-state index in [-0.39, 0.29) is 23.6 Å². The molecule has 3 aromatic rings. The van der Waals surface area contributed by atoms with Crippen molar-refractivity contribution >= 4 is 23.2 Å². The summed E-state index contributed by atoms with van der Waals surface area (Å²) in [6, 6.07) is 9.74. The number of carbonyl (C=O) groups excluding carboxylic acids is 2. The Morgan fingerprint density at radius 2 is 2.03 bits per heavy atom. The zero-order valence-corrected chi connectivity index (χ0v) is 17.9. The number of hydrogen-bond donors (Lipinski definition) is 1. The van der Waals surface area contributed by atoms with E-state index in [9.17, 15) is 9.59 Å². The molecule has 1 aliphatic rings. The Bertz CT molecular complexity index is 1040. The van der Waals surface area contributed by atoms with Crippen molar-refractivity contribution in [3.8, 4) is 0 Å². The van der Waals surface area contributed by atoms with Crippen molar-refractivity contribution < 1.29 is 9.59 Å². The van der Waals surface area contributed by atoms with E-state index in [1.165, 1.54) is 11.3 Å². The minimum absolute atomic E-state index is 0.0289. The highest BCUT2D eigenvalue weighted by Crippen LogP contribution is 2.25. The van der Waals surface area contributed by atoms with Crippen LogP contribution in [0.15, 0.2) is 36.5 Å². The standard InChI is InChI=1S/C21H24N6O2S/c1-14-19(30-15(2)23-14)21(29)27-10-6-9-17(27)12-26-13-18(24-25-26)20(28)22-11-16-7-4-3-5-8-16/h3-5,7-8,13,17H,6,9-12H2,1-2H3,(H,22,28)/t17-/m0/s1. The number of thiazole rings is 1. The van der Waals surface area contributed by atoms with Gasteiger partial charge >= 0.3 is 0 Å². The molecule has 0 radical (unpaired) electrons. The topological polar surface area (TPSA) is 93.0 Å². The predicted octanol–water partition coefficient (Wildman–Crippen LogP) is 2.59. The summed E-state index contributed by atoms with van der Waals surface area (Å²) >= 11 is 1.44. The lowest BCUT2D eigenvalue weighted by Crippen LogP contribution is -2.38. The maximum absolute atomic E-state index is 13.0. The zero-order chi connectivity index (χ0) is 21.1. The van der Waals surface area contributed by atoms with Crippen LogP contribution in [0.25, 0.3) is 0 Å². The third kappa shape index (κ3) is 4.40. The quantitative estimate of drug-likeness (QED) is 0.657. The molecule has 1 saturated heterocycles. The van der Waals surface area contributed by atoms with Gasteiger partial charge in [-0.25, -0.2) is 9.67 Å². The van der Waals surface area contributed by atoms with Crippen molar-refractivity contribution in [3.05, 3.63) is 63.4 Å². The highest BCUT2D eigenvalue weighted by atomic mass is 32.1. The lowest BCUT2D eigenvalue weighted by Gasteiger charge is -2.24. The summed E-state index contributed by atoms with van der Waals surface area (Å²) in [5.41, 5.74) is 2.08. The average molecular weight is 425 g/mol. The molecule has 0 aliphatic carbocycles. The van der Waals surface area contributed by atoms with Gasteiger partial charge in [0.15, 0.2) is 5.69 Å². The van der Waals surface area contributed by atoms with Crippen LogP contribution in [0, 0.1) is 13.8 Å². The third-order valence-electron chi connectivity index (χ3n) is 5.20. The van der Waals surface area contributed by atoms with Crippen LogP contribution >= 0.6 is 11.3 Å². The first-order valence-corrected chi connectivity index (χ1v) is 10.8. The first-order valence-electron chi connectivity index (χ1n) is 9.98. The van der Waals surface area contributed by atoms with Crippen molar-refractivity contribution in [1.29, 1.82) is 0 Å². The molecule has 1 aliphatic heterocycles. The fraction of sp³-hybridized carbons (Fsp3) is 0.381. The number of nitrogens with one attached hydrogen (secondary N) is 1. The van der Waals surface area contributed by atoms with Gasteiger partial charge in [0.2, 0.25) is 0 Å². The first kappa shape index (κ1) is 20.2. The monoisotopic (exact) mass is 424 g/mol. The summed E-state index contributed by atoms with van der Waals surface area (Å²) in [4.78, 5) is 32.4. The maximum atomic E-state index is 13.0. The summed E-state index contributed by atoms with van der Waals surface area (Å²) in [5.74, 6) is -0.234. The van der Waals surface area contributed by atoms with E-state index in [4.69, 9.17) is 0 Å². The van der Waals surface area contributed by atoms with Gasteiger partial charge < -0.3 is 10.2 Å². The van der Waals surface area contributed by atoms with E-state index < -0.39 is 0 Å². The molecule has 30 heavy (non-hydrogen) atoms. The Morgan fingerprint density at radius 1 is 1.23 bits per heavy atom. The number of benzene rings is 1. The van der Waals surface area contributed by atoms with Crippen molar-refractivity contribution in [2.24, 2.45) is 0 Å². The van der Waals surface area contributed by atoms with Gasteiger partial charge in [0.05, 0.1) is 29.5 Å². The van der Waals surface area contributed by atoms with Crippen molar-refractivity contribution in [1.82, 2.24) is 30.2 Å². The van der Waals surface area contributed by atoms with E-state index in [1.807, 2.05) is 49.1 Å². The molecule has 0 unspecified atom stereocenters. The fourth-order valence-electron chi connectivity index (χ4n) is 3.73. The molecule has 8 nitrogen and oxygen atoms in total. The molecule has 2 aromatic heterocycles. The summed E-state index contributed by atoms with van der Waals surface area (Å²) in [7, 11) is 0. The molecule has 0 spiro atoms. The molecule has 0 bridgehead atoms. The number of rotatable bonds is 6. The Labute approximate surface area is 178 Å². The van der Waals surface area contributed by atoms with Crippen LogP contribution in [-0.4, -0.2) is 49.3 Å². The Morgan fingerprint density at radius 3 is 2.77 bits per heavy atom. The van der Waals surface area contributed by atoms with Gasteiger partial charge in [-0.2, -0.15) is 0 Å². The minimum atomic E-state index is -0.264. The molecule has 1 N–H and O–H groups in total. The van der Waals surface area contributed by atoms with Crippen LogP contribution in [0.4, 0.5) is 0 Å². The summed E-state index contributed by atoms with van der Waals surface area (Å²) in [6.45, 7) is 5.46. The van der Waals surface area contributed by atoms with Crippen LogP contribution < -0.4 is 5.32 Å². The second-order valence-corrected chi connectivity index (χ2v) is 8.64. The van der Waals surface area contributed by atoms with Crippen LogP contribution in [0.3, 0.4) is 0 Å². The molecule has 4 rings (SSSR count). The van der Waals surface area contributed by atoms with E-state index in [1.54, 1.807) is 10.9 Å². The summed E-state index contributed by atoms with van der Waals surface area (Å²) in [6.07, 6.45) is 3.49. The van der Waals surface area contributed by atoms with Gasteiger partial charge in [-0.3, -0.25) is 9.59 Å². The predicted molar refractivity (Wildman–Crippen MR) is 113 cm³/mol. The molecule has 1 atom stereocenters. The van der Waals surface area contributed by atoms with E-state index in [2.05, 4.69) is 20.6 Å². The van der Waals surface area contributed by atoms with Gasteiger partial charge in [0.25, 0.3) is 11.8 Å². The number of amides is 2. The molecular weight excluding hydrogens is 400 g/mol. The minimum Gasteiger partial charge on any atom is -0.347 e. The van der Waals surface area contributed by atoms with Gasteiger partial charge in [0, 0.05) is 13.1 Å². The van der Waals surface area contributed by atoms with Crippen LogP contribution in [0.5, 0.6) is 0 Å². The van der Waals surface area contributed by atoms with E-state index in [0.29, 0.717) is 18.0 Å². The summed E-state index contributed by atoms with van der Waals surface area (Å²) in [5, 5.41) is 11.9. The number of nitrogens with zero attached hydrogens (tertiary/aromatic N) is 5. The number of carbonyl (C=O) groups is 2. The second kappa shape index (κ2) is 8.74. The molecule has 3 heterocycles.